The summed E-state index contributed by atoms with van der Waals surface area (Å²) in [5, 5.41) is 0. The number of carbonyl (C=O) groups excluding carboxylic acids is 2. The molecule has 0 heterocycles. The van der Waals surface area contributed by atoms with Crippen LogP contribution in [0.15, 0.2) is 24.3 Å². The molecule has 1 rings (SSSR count). The maximum absolute atomic E-state index is 13.2. The van der Waals surface area contributed by atoms with Crippen molar-refractivity contribution >= 4 is 11.9 Å². The lowest BCUT2D eigenvalue weighted by atomic mass is 10.2. The van der Waals surface area contributed by atoms with Gasteiger partial charge in [-0.1, -0.05) is 12.1 Å². The first-order valence-corrected chi connectivity index (χ1v) is 6.63. The summed E-state index contributed by atoms with van der Waals surface area (Å²) in [6, 6.07) is 4.79. The third-order valence-electron chi connectivity index (χ3n) is 2.68. The molecule has 0 aliphatic heterocycles. The van der Waals surface area contributed by atoms with E-state index in [4.69, 9.17) is 0 Å². The topological polar surface area (TPSA) is 52.6 Å². The van der Waals surface area contributed by atoms with Gasteiger partial charge in [0.15, 0.2) is 18.2 Å². The highest BCUT2D eigenvalue weighted by Crippen LogP contribution is 2.35. The van der Waals surface area contributed by atoms with Crippen LogP contribution < -0.4 is 4.74 Å². The van der Waals surface area contributed by atoms with Gasteiger partial charge in [-0.25, -0.2) is 8.78 Å². The third kappa shape index (κ3) is 6.59. The highest BCUT2D eigenvalue weighted by molar-refractivity contribution is 5.79. The van der Waals surface area contributed by atoms with Gasteiger partial charge < -0.3 is 9.47 Å². The number of ether oxygens (including phenoxy) is 2. The van der Waals surface area contributed by atoms with Gasteiger partial charge in [-0.3, -0.25) is 9.59 Å². The van der Waals surface area contributed by atoms with E-state index in [1.54, 1.807) is 0 Å². The highest BCUT2D eigenvalue weighted by atomic mass is 19.4. The molecule has 140 valence electrons. The lowest BCUT2D eigenvalue weighted by Gasteiger charge is -2.22. The first-order chi connectivity index (χ1) is 11.4. The Balaban J connectivity index is 2.42. The van der Waals surface area contributed by atoms with Crippen LogP contribution in [0.5, 0.6) is 5.75 Å². The zero-order valence-electron chi connectivity index (χ0n) is 12.3. The smallest absolute Gasteiger partial charge is 0.425 e. The standard InChI is InChI=1S/C14H11F7O4/c15-8-3-1-2-4-9(8)25-11(23)6-5-10(22)24-7-13(17,18)12(16)14(19,20)21/h1-4,12H,5-7H2. The van der Waals surface area contributed by atoms with Gasteiger partial charge in [-0.2, -0.15) is 22.0 Å². The second-order valence-corrected chi connectivity index (χ2v) is 4.73. The van der Waals surface area contributed by atoms with Crippen LogP contribution in [0.2, 0.25) is 0 Å². The zero-order chi connectivity index (χ0) is 19.3. The Kier molecular flexibility index (Phi) is 6.77. The van der Waals surface area contributed by atoms with E-state index in [0.29, 0.717) is 0 Å². The Morgan fingerprint density at radius 3 is 2.12 bits per heavy atom. The third-order valence-corrected chi connectivity index (χ3v) is 2.68. The van der Waals surface area contributed by atoms with E-state index < -0.39 is 61.2 Å². The Bertz CT molecular complexity index is 615. The normalized spacial score (nSPS) is 13.2. The number of carbonyl (C=O) groups is 2. The molecule has 0 amide bonds. The molecule has 1 aromatic rings. The van der Waals surface area contributed by atoms with Gasteiger partial charge in [-0.15, -0.1) is 0 Å². The molecule has 0 saturated heterocycles. The fraction of sp³-hybridized carbons (Fsp3) is 0.429. The molecule has 0 N–H and O–H groups in total. The number of alkyl halides is 6. The molecule has 0 radical (unpaired) electrons. The number of halogens is 7. The largest absolute Gasteiger partial charge is 0.459 e. The van der Waals surface area contributed by atoms with Crippen LogP contribution in [-0.4, -0.2) is 36.8 Å². The molecule has 0 spiro atoms. The van der Waals surface area contributed by atoms with Crippen LogP contribution in [0.3, 0.4) is 0 Å². The summed E-state index contributed by atoms with van der Waals surface area (Å²) in [6.45, 7) is -2.14. The van der Waals surface area contributed by atoms with E-state index in [0.717, 1.165) is 12.1 Å². The Labute approximate surface area is 136 Å². The first kappa shape index (κ1) is 20.7. The molecule has 1 unspecified atom stereocenters. The van der Waals surface area contributed by atoms with Gasteiger partial charge >= 0.3 is 24.0 Å². The van der Waals surface area contributed by atoms with Crippen molar-refractivity contribution in [2.45, 2.75) is 31.1 Å². The molecular formula is C14H11F7O4. The second kappa shape index (κ2) is 8.17. The summed E-state index contributed by atoms with van der Waals surface area (Å²) in [5.41, 5.74) is 0. The lowest BCUT2D eigenvalue weighted by Crippen LogP contribution is -2.45. The molecule has 0 aliphatic carbocycles. The van der Waals surface area contributed by atoms with Crippen LogP contribution in [-0.2, 0) is 14.3 Å². The van der Waals surface area contributed by atoms with Gasteiger partial charge in [0.05, 0.1) is 12.8 Å². The molecular weight excluding hydrogens is 365 g/mol. The summed E-state index contributed by atoms with van der Waals surface area (Å²) in [5.74, 6) is -8.84. The Morgan fingerprint density at radius 1 is 1.00 bits per heavy atom. The number of esters is 2. The average molecular weight is 376 g/mol. The number of hydrogen-bond donors (Lipinski definition) is 0. The van der Waals surface area contributed by atoms with Gasteiger partial charge in [0.2, 0.25) is 0 Å². The predicted molar refractivity (Wildman–Crippen MR) is 68.1 cm³/mol. The molecule has 1 aromatic carbocycles. The van der Waals surface area contributed by atoms with E-state index in [1.807, 2.05) is 0 Å². The lowest BCUT2D eigenvalue weighted by molar-refractivity contribution is -0.254. The summed E-state index contributed by atoms with van der Waals surface area (Å²) in [7, 11) is 0. The number of rotatable bonds is 7. The average Bonchev–Trinajstić information content (AvgIpc) is 2.51. The van der Waals surface area contributed by atoms with E-state index >= 15 is 0 Å². The predicted octanol–water partition coefficient (Wildman–Crippen LogP) is 3.59. The summed E-state index contributed by atoms with van der Waals surface area (Å²) in [6.07, 6.45) is -11.9. The van der Waals surface area contributed by atoms with E-state index in [9.17, 15) is 40.3 Å². The molecule has 25 heavy (non-hydrogen) atoms. The minimum absolute atomic E-state index is 0.433. The Morgan fingerprint density at radius 2 is 1.56 bits per heavy atom. The van der Waals surface area contributed by atoms with Crippen LogP contribution >= 0.6 is 0 Å². The molecule has 0 aromatic heterocycles. The SMILES string of the molecule is O=C(CCC(=O)Oc1ccccc1F)OCC(F)(F)C(F)C(F)(F)F. The van der Waals surface area contributed by atoms with Gasteiger partial charge in [0, 0.05) is 0 Å². The van der Waals surface area contributed by atoms with Crippen molar-refractivity contribution < 1.29 is 49.8 Å². The maximum atomic E-state index is 13.2. The number of hydrogen-bond acceptors (Lipinski definition) is 4. The first-order valence-electron chi connectivity index (χ1n) is 6.63. The minimum atomic E-state index is -5.82. The fourth-order valence-corrected chi connectivity index (χ4v) is 1.47. The molecule has 0 saturated carbocycles. The van der Waals surface area contributed by atoms with Crippen LogP contribution in [0.25, 0.3) is 0 Å². The van der Waals surface area contributed by atoms with Crippen molar-refractivity contribution in [3.8, 4) is 5.75 Å². The summed E-state index contributed by atoms with van der Waals surface area (Å²) < 4.78 is 95.6. The summed E-state index contributed by atoms with van der Waals surface area (Å²) in [4.78, 5) is 22.5. The fourth-order valence-electron chi connectivity index (χ4n) is 1.47. The van der Waals surface area contributed by atoms with E-state index in [-0.39, 0.29) is 0 Å². The van der Waals surface area contributed by atoms with Crippen molar-refractivity contribution in [2.75, 3.05) is 6.61 Å². The van der Waals surface area contributed by atoms with Crippen molar-refractivity contribution in [1.29, 1.82) is 0 Å². The minimum Gasteiger partial charge on any atom is -0.459 e. The monoisotopic (exact) mass is 376 g/mol. The van der Waals surface area contributed by atoms with E-state index in [1.165, 1.54) is 12.1 Å². The van der Waals surface area contributed by atoms with Crippen molar-refractivity contribution in [1.82, 2.24) is 0 Å². The quantitative estimate of drug-likeness (QED) is 0.415. The molecule has 1 atom stereocenters. The zero-order valence-corrected chi connectivity index (χ0v) is 12.3. The number of para-hydroxylation sites is 1. The van der Waals surface area contributed by atoms with Crippen LogP contribution in [0.4, 0.5) is 30.7 Å². The second-order valence-electron chi connectivity index (χ2n) is 4.73. The van der Waals surface area contributed by atoms with Crippen molar-refractivity contribution in [3.63, 3.8) is 0 Å². The van der Waals surface area contributed by atoms with Gasteiger partial charge in [0.1, 0.15) is 0 Å². The van der Waals surface area contributed by atoms with Gasteiger partial charge in [-0.05, 0) is 12.1 Å². The van der Waals surface area contributed by atoms with E-state index in [2.05, 4.69) is 9.47 Å². The van der Waals surface area contributed by atoms with Crippen molar-refractivity contribution in [2.24, 2.45) is 0 Å². The van der Waals surface area contributed by atoms with Gasteiger partial charge in [0.25, 0.3) is 6.17 Å². The molecule has 0 bridgehead atoms. The number of benzene rings is 1. The summed E-state index contributed by atoms with van der Waals surface area (Å²) >= 11 is 0. The molecule has 0 aliphatic rings. The van der Waals surface area contributed by atoms with Crippen LogP contribution in [0, 0.1) is 5.82 Å². The maximum Gasteiger partial charge on any atom is 0.425 e. The van der Waals surface area contributed by atoms with Crippen LogP contribution in [0.1, 0.15) is 12.8 Å². The molecule has 4 nitrogen and oxygen atoms in total. The Hall–Kier alpha value is -2.33. The molecule has 0 fully saturated rings. The highest BCUT2D eigenvalue weighted by Gasteiger charge is 2.57. The van der Waals surface area contributed by atoms with Crippen molar-refractivity contribution in [3.05, 3.63) is 30.1 Å². The molecule has 11 heteroatoms.